The predicted octanol–water partition coefficient (Wildman–Crippen LogP) is 5.86. The number of rotatable bonds is 8. The van der Waals surface area contributed by atoms with Crippen molar-refractivity contribution in [3.63, 3.8) is 0 Å². The molecule has 110 valence electrons. The van der Waals surface area contributed by atoms with E-state index in [1.165, 1.54) is 36.8 Å². The monoisotopic (exact) mass is 280 g/mol. The summed E-state index contributed by atoms with van der Waals surface area (Å²) in [6.45, 7) is 2.85. The zero-order valence-electron chi connectivity index (χ0n) is 12.8. The van der Waals surface area contributed by atoms with Gasteiger partial charge in [-0.15, -0.1) is 0 Å². The van der Waals surface area contributed by atoms with Crippen molar-refractivity contribution in [1.29, 1.82) is 0 Å². The molecule has 0 unspecified atom stereocenters. The molecule has 0 fully saturated rings. The molecule has 0 heterocycles. The van der Waals surface area contributed by atoms with Crippen molar-refractivity contribution in [3.8, 4) is 5.75 Å². The van der Waals surface area contributed by atoms with Crippen molar-refractivity contribution in [3.05, 3.63) is 71.8 Å². The second-order valence-corrected chi connectivity index (χ2v) is 5.24. The first kappa shape index (κ1) is 15.4. The van der Waals surface area contributed by atoms with E-state index < -0.39 is 0 Å². The van der Waals surface area contributed by atoms with Gasteiger partial charge in [0.1, 0.15) is 12.4 Å². The van der Waals surface area contributed by atoms with Crippen molar-refractivity contribution in [2.45, 2.75) is 39.2 Å². The highest BCUT2D eigenvalue weighted by atomic mass is 16.5. The van der Waals surface area contributed by atoms with Crippen LogP contribution in [0.4, 0.5) is 0 Å². The Morgan fingerprint density at radius 3 is 2.38 bits per heavy atom. The van der Waals surface area contributed by atoms with Crippen LogP contribution < -0.4 is 4.74 Å². The van der Waals surface area contributed by atoms with E-state index in [1.807, 2.05) is 30.3 Å². The smallest absolute Gasteiger partial charge is 0.119 e. The quantitative estimate of drug-likeness (QED) is 0.550. The van der Waals surface area contributed by atoms with Crippen molar-refractivity contribution in [2.24, 2.45) is 0 Å². The molecule has 0 spiro atoms. The first-order chi connectivity index (χ1) is 10.4. The van der Waals surface area contributed by atoms with Crippen LogP contribution in [0.1, 0.15) is 43.7 Å². The number of hydrogen-bond donors (Lipinski definition) is 0. The minimum absolute atomic E-state index is 0.618. The molecule has 0 atom stereocenters. The summed E-state index contributed by atoms with van der Waals surface area (Å²) in [5.41, 5.74) is 2.43. The van der Waals surface area contributed by atoms with Gasteiger partial charge in [0, 0.05) is 0 Å². The van der Waals surface area contributed by atoms with E-state index in [9.17, 15) is 0 Å². The van der Waals surface area contributed by atoms with Gasteiger partial charge in [-0.25, -0.2) is 0 Å². The molecule has 1 nitrogen and oxygen atoms in total. The van der Waals surface area contributed by atoms with E-state index in [2.05, 4.69) is 43.3 Å². The third-order valence-corrected chi connectivity index (χ3v) is 3.41. The third-order valence-electron chi connectivity index (χ3n) is 3.41. The van der Waals surface area contributed by atoms with Gasteiger partial charge < -0.3 is 4.74 Å². The molecule has 2 rings (SSSR count). The molecule has 0 N–H and O–H groups in total. The normalized spacial score (nSPS) is 10.9. The van der Waals surface area contributed by atoms with Crippen LogP contribution in [-0.2, 0) is 6.61 Å². The maximum Gasteiger partial charge on any atom is 0.119 e. The Hall–Kier alpha value is -2.02. The van der Waals surface area contributed by atoms with Crippen molar-refractivity contribution >= 4 is 6.08 Å². The van der Waals surface area contributed by atoms with Crippen LogP contribution in [0.5, 0.6) is 5.75 Å². The maximum absolute atomic E-state index is 5.78. The van der Waals surface area contributed by atoms with Gasteiger partial charge in [-0.05, 0) is 36.1 Å². The highest BCUT2D eigenvalue weighted by molar-refractivity contribution is 5.50. The van der Waals surface area contributed by atoms with Crippen LogP contribution in [0, 0.1) is 0 Å². The summed E-state index contributed by atoms with van der Waals surface area (Å²) in [5.74, 6) is 0.919. The van der Waals surface area contributed by atoms with Crippen LogP contribution in [0.2, 0.25) is 0 Å². The Morgan fingerprint density at radius 2 is 1.67 bits per heavy atom. The summed E-state index contributed by atoms with van der Waals surface area (Å²) in [4.78, 5) is 0. The Balaban J connectivity index is 1.79. The average Bonchev–Trinajstić information content (AvgIpc) is 2.55. The van der Waals surface area contributed by atoms with Gasteiger partial charge in [0.25, 0.3) is 0 Å². The molecule has 21 heavy (non-hydrogen) atoms. The molecular formula is C20H24O. The van der Waals surface area contributed by atoms with Gasteiger partial charge in [-0.3, -0.25) is 0 Å². The number of unbranched alkanes of at least 4 members (excludes halogenated alkanes) is 3. The molecule has 0 aliphatic rings. The molecule has 0 amide bonds. The van der Waals surface area contributed by atoms with Crippen LogP contribution in [0.3, 0.4) is 0 Å². The van der Waals surface area contributed by atoms with Crippen molar-refractivity contribution < 1.29 is 4.74 Å². The molecule has 0 bridgehead atoms. The first-order valence-corrected chi connectivity index (χ1v) is 7.82. The van der Waals surface area contributed by atoms with Crippen LogP contribution >= 0.6 is 0 Å². The molecule has 0 saturated carbocycles. The molecule has 0 radical (unpaired) electrons. The van der Waals surface area contributed by atoms with Crippen LogP contribution in [-0.4, -0.2) is 0 Å². The lowest BCUT2D eigenvalue weighted by molar-refractivity contribution is 0.306. The molecule has 0 aromatic heterocycles. The predicted molar refractivity (Wildman–Crippen MR) is 90.4 cm³/mol. The van der Waals surface area contributed by atoms with E-state index in [0.717, 1.165) is 5.75 Å². The number of allylic oxidation sites excluding steroid dienone is 1. The first-order valence-electron chi connectivity index (χ1n) is 7.82. The summed E-state index contributed by atoms with van der Waals surface area (Å²) >= 11 is 0. The molecule has 2 aromatic carbocycles. The number of ether oxygens (including phenoxy) is 1. The van der Waals surface area contributed by atoms with Gasteiger partial charge in [-0.1, -0.05) is 74.4 Å². The highest BCUT2D eigenvalue weighted by Gasteiger charge is 1.95. The fraction of sp³-hybridized carbons (Fsp3) is 0.300. The summed E-state index contributed by atoms with van der Waals surface area (Å²) in [7, 11) is 0. The van der Waals surface area contributed by atoms with Gasteiger partial charge >= 0.3 is 0 Å². The lowest BCUT2D eigenvalue weighted by Gasteiger charge is -2.06. The summed E-state index contributed by atoms with van der Waals surface area (Å²) in [6.07, 6.45) is 9.50. The Labute approximate surface area is 128 Å². The van der Waals surface area contributed by atoms with Crippen molar-refractivity contribution in [2.75, 3.05) is 0 Å². The Morgan fingerprint density at radius 1 is 0.905 bits per heavy atom. The average molecular weight is 280 g/mol. The maximum atomic E-state index is 5.78. The lowest BCUT2D eigenvalue weighted by Crippen LogP contribution is -1.94. The Kier molecular flexibility index (Phi) is 6.60. The van der Waals surface area contributed by atoms with E-state index in [4.69, 9.17) is 4.74 Å². The summed E-state index contributed by atoms with van der Waals surface area (Å²) < 4.78 is 5.78. The second kappa shape index (κ2) is 9.02. The molecule has 0 aliphatic heterocycles. The molecule has 1 heteroatoms. The van der Waals surface area contributed by atoms with E-state index >= 15 is 0 Å². The standard InChI is InChI=1S/C20H24O/c1-2-3-4-5-7-10-18-13-15-20(16-14-18)21-17-19-11-8-6-9-12-19/h6-16H,2-5,17H2,1H3/b10-7+. The van der Waals surface area contributed by atoms with E-state index in [-0.39, 0.29) is 0 Å². The van der Waals surface area contributed by atoms with E-state index in [0.29, 0.717) is 6.61 Å². The molecule has 0 saturated heterocycles. The number of hydrogen-bond acceptors (Lipinski definition) is 1. The highest BCUT2D eigenvalue weighted by Crippen LogP contribution is 2.15. The summed E-state index contributed by atoms with van der Waals surface area (Å²) in [6, 6.07) is 18.5. The minimum Gasteiger partial charge on any atom is -0.489 e. The zero-order valence-corrected chi connectivity index (χ0v) is 12.8. The van der Waals surface area contributed by atoms with Gasteiger partial charge in [0.05, 0.1) is 0 Å². The topological polar surface area (TPSA) is 9.23 Å². The minimum atomic E-state index is 0.618. The zero-order chi connectivity index (χ0) is 14.8. The van der Waals surface area contributed by atoms with E-state index in [1.54, 1.807) is 0 Å². The SMILES string of the molecule is CCCCC/C=C/c1ccc(OCc2ccccc2)cc1. The van der Waals surface area contributed by atoms with Gasteiger partial charge in [-0.2, -0.15) is 0 Å². The molecular weight excluding hydrogens is 256 g/mol. The fourth-order valence-corrected chi connectivity index (χ4v) is 2.15. The van der Waals surface area contributed by atoms with Crippen LogP contribution in [0.25, 0.3) is 6.08 Å². The summed E-state index contributed by atoms with van der Waals surface area (Å²) in [5, 5.41) is 0. The fourth-order valence-electron chi connectivity index (χ4n) is 2.15. The largest absolute Gasteiger partial charge is 0.489 e. The number of benzene rings is 2. The van der Waals surface area contributed by atoms with Crippen molar-refractivity contribution in [1.82, 2.24) is 0 Å². The molecule has 2 aromatic rings. The third kappa shape index (κ3) is 5.86. The second-order valence-electron chi connectivity index (χ2n) is 5.24. The molecule has 0 aliphatic carbocycles. The van der Waals surface area contributed by atoms with Crippen LogP contribution in [0.15, 0.2) is 60.7 Å². The Bertz CT molecular complexity index is 526. The lowest BCUT2D eigenvalue weighted by atomic mass is 10.1. The van der Waals surface area contributed by atoms with Gasteiger partial charge in [0.15, 0.2) is 0 Å². The van der Waals surface area contributed by atoms with Gasteiger partial charge in [0.2, 0.25) is 0 Å².